The Labute approximate surface area is 211 Å². The van der Waals surface area contributed by atoms with Crippen LogP contribution < -0.4 is 21.1 Å². The number of aliphatic hydroxyl groups is 1. The summed E-state index contributed by atoms with van der Waals surface area (Å²) in [5.41, 5.74) is 4.18. The number of hydrogen-bond acceptors (Lipinski definition) is 7. The molecule has 0 radical (unpaired) electrons. The van der Waals surface area contributed by atoms with Gasteiger partial charge in [-0.3, -0.25) is 14.5 Å². The number of amides is 2. The number of cyclic esters (lactones) is 1. The molecule has 4 heterocycles. The number of thioether (sulfide) groups is 1. The molecule has 1 aromatic heterocycles. The Balaban J connectivity index is 1.06. The summed E-state index contributed by atoms with van der Waals surface area (Å²) in [5.74, 6) is 0.357. The van der Waals surface area contributed by atoms with Gasteiger partial charge in [-0.15, -0.1) is 11.8 Å². The number of nitrogens with one attached hydrogen (secondary N) is 2. The summed E-state index contributed by atoms with van der Waals surface area (Å²) in [4.78, 5) is 39.3. The van der Waals surface area contributed by atoms with Crippen molar-refractivity contribution in [3.05, 3.63) is 63.9 Å². The molecule has 2 amide bonds. The number of fused-ring (bicyclic) bond motifs is 1. The molecule has 0 unspecified atom stereocenters. The molecule has 3 N–H and O–H groups in total. The smallest absolute Gasteiger partial charge is 0.414 e. The molecule has 1 fully saturated rings. The number of hydrogen-bond donors (Lipinski definition) is 3. The summed E-state index contributed by atoms with van der Waals surface area (Å²) < 4.78 is 7.38. The average molecular weight is 507 g/mol. The number of carbonyl (C=O) groups excluding carboxylic acids is 2. The maximum Gasteiger partial charge on any atom is 0.414 e. The molecule has 1 saturated heterocycles. The van der Waals surface area contributed by atoms with Crippen LogP contribution in [-0.4, -0.2) is 46.6 Å². The highest BCUT2D eigenvalue weighted by Gasteiger charge is 2.33. The third-order valence-electron chi connectivity index (χ3n) is 7.05. The predicted molar refractivity (Wildman–Crippen MR) is 138 cm³/mol. The lowest BCUT2D eigenvalue weighted by molar-refractivity contribution is -0.113. The van der Waals surface area contributed by atoms with Crippen molar-refractivity contribution in [2.75, 3.05) is 29.1 Å². The Morgan fingerprint density at radius 2 is 2.00 bits per heavy atom. The van der Waals surface area contributed by atoms with Crippen molar-refractivity contribution < 1.29 is 19.4 Å². The van der Waals surface area contributed by atoms with Gasteiger partial charge in [0.05, 0.1) is 36.2 Å². The molecule has 2 atom stereocenters. The SMILES string of the molecule is O=C1CSc2ccc(N3C[C@H](CCCN[C@H]4Cn5c(=O)ccc6c(CO)ccc4c65)OC3=O)cc2N1. The van der Waals surface area contributed by atoms with Crippen LogP contribution in [0.1, 0.15) is 30.0 Å². The lowest BCUT2D eigenvalue weighted by Gasteiger charge is -2.20. The average Bonchev–Trinajstić information content (AvgIpc) is 3.44. The van der Waals surface area contributed by atoms with Gasteiger partial charge in [0, 0.05) is 28.6 Å². The van der Waals surface area contributed by atoms with Crippen molar-refractivity contribution in [2.24, 2.45) is 0 Å². The Kier molecular flexibility index (Phi) is 5.94. The van der Waals surface area contributed by atoms with Crippen LogP contribution in [0.3, 0.4) is 0 Å². The van der Waals surface area contributed by atoms with E-state index in [9.17, 15) is 19.5 Å². The molecule has 3 aliphatic rings. The number of rotatable bonds is 7. The van der Waals surface area contributed by atoms with E-state index in [4.69, 9.17) is 4.74 Å². The van der Waals surface area contributed by atoms with Gasteiger partial charge in [0.25, 0.3) is 5.56 Å². The molecule has 186 valence electrons. The topological polar surface area (TPSA) is 113 Å². The number of aromatic nitrogens is 1. The molecule has 0 saturated carbocycles. The Bertz CT molecular complexity index is 1440. The maximum absolute atomic E-state index is 12.5. The molecule has 3 aliphatic heterocycles. The first kappa shape index (κ1) is 23.1. The molecule has 3 aromatic rings. The second-order valence-electron chi connectivity index (χ2n) is 9.30. The number of nitrogens with zero attached hydrogens (tertiary/aromatic N) is 2. The van der Waals surface area contributed by atoms with Gasteiger partial charge in [0.15, 0.2) is 0 Å². The van der Waals surface area contributed by atoms with Gasteiger partial charge < -0.3 is 25.0 Å². The van der Waals surface area contributed by atoms with E-state index in [0.717, 1.165) is 39.0 Å². The highest BCUT2D eigenvalue weighted by molar-refractivity contribution is 8.00. The fourth-order valence-corrected chi connectivity index (χ4v) is 6.08. The van der Waals surface area contributed by atoms with Crippen molar-refractivity contribution >= 4 is 46.0 Å². The van der Waals surface area contributed by atoms with Crippen LogP contribution >= 0.6 is 11.8 Å². The van der Waals surface area contributed by atoms with Crippen LogP contribution in [0.2, 0.25) is 0 Å². The number of ether oxygens (including phenoxy) is 1. The van der Waals surface area contributed by atoms with E-state index in [1.54, 1.807) is 21.6 Å². The highest BCUT2D eigenvalue weighted by Crippen LogP contribution is 2.36. The zero-order chi connectivity index (χ0) is 24.8. The zero-order valence-corrected chi connectivity index (χ0v) is 20.3. The van der Waals surface area contributed by atoms with Crippen molar-refractivity contribution in [1.82, 2.24) is 9.88 Å². The van der Waals surface area contributed by atoms with E-state index in [1.165, 1.54) is 11.8 Å². The summed E-state index contributed by atoms with van der Waals surface area (Å²) in [6.07, 6.45) is 0.936. The van der Waals surface area contributed by atoms with E-state index in [2.05, 4.69) is 10.6 Å². The number of anilines is 2. The standard InChI is InChI=1S/C26H26N4O5S/c31-13-15-3-5-19-21(12-30-24(33)8-6-18(15)25(19)30)27-9-1-2-17-11-29(26(34)35-17)16-4-7-22-20(10-16)28-23(32)14-36-22/h3-8,10,17,21,27,31H,1-2,9,11-14H2,(H,28,32)/t17-,21-/m0/s1. The van der Waals surface area contributed by atoms with E-state index in [1.807, 2.05) is 30.3 Å². The molecular formula is C26H26N4O5S. The normalized spacial score (nSPS) is 20.5. The lowest BCUT2D eigenvalue weighted by atomic mass is 10.0. The van der Waals surface area contributed by atoms with Crippen LogP contribution in [0, 0.1) is 0 Å². The summed E-state index contributed by atoms with van der Waals surface area (Å²) in [6, 6.07) is 12.9. The summed E-state index contributed by atoms with van der Waals surface area (Å²) >= 11 is 1.49. The van der Waals surface area contributed by atoms with Crippen LogP contribution in [-0.2, 0) is 22.7 Å². The minimum absolute atomic E-state index is 0.0153. The van der Waals surface area contributed by atoms with Crippen LogP contribution in [0.4, 0.5) is 16.2 Å². The zero-order valence-electron chi connectivity index (χ0n) is 19.5. The maximum atomic E-state index is 12.5. The molecule has 10 heteroatoms. The highest BCUT2D eigenvalue weighted by atomic mass is 32.2. The molecule has 36 heavy (non-hydrogen) atoms. The first-order chi connectivity index (χ1) is 17.5. The van der Waals surface area contributed by atoms with Crippen molar-refractivity contribution in [1.29, 1.82) is 0 Å². The molecule has 9 nitrogen and oxygen atoms in total. The third kappa shape index (κ3) is 4.04. The van der Waals surface area contributed by atoms with E-state index in [-0.39, 0.29) is 36.3 Å². The quantitative estimate of drug-likeness (QED) is 0.422. The molecule has 0 bridgehead atoms. The van der Waals surface area contributed by atoms with Gasteiger partial charge >= 0.3 is 6.09 Å². The van der Waals surface area contributed by atoms with E-state index < -0.39 is 0 Å². The van der Waals surface area contributed by atoms with Crippen LogP contribution in [0.25, 0.3) is 10.9 Å². The molecule has 2 aromatic carbocycles. The summed E-state index contributed by atoms with van der Waals surface area (Å²) in [5, 5.41) is 17.0. The van der Waals surface area contributed by atoms with Crippen molar-refractivity contribution in [3.63, 3.8) is 0 Å². The van der Waals surface area contributed by atoms with Gasteiger partial charge in [0.2, 0.25) is 5.91 Å². The minimum atomic E-state index is -0.375. The first-order valence-corrected chi connectivity index (χ1v) is 13.0. The second-order valence-corrected chi connectivity index (χ2v) is 10.3. The van der Waals surface area contributed by atoms with Gasteiger partial charge in [-0.05, 0) is 54.8 Å². The Morgan fingerprint density at radius 1 is 1.11 bits per heavy atom. The second kappa shape index (κ2) is 9.27. The molecular weight excluding hydrogens is 480 g/mol. The van der Waals surface area contributed by atoms with Crippen LogP contribution in [0.15, 0.2) is 52.2 Å². The fourth-order valence-electron chi connectivity index (χ4n) is 5.29. The van der Waals surface area contributed by atoms with Crippen molar-refractivity contribution in [2.45, 2.75) is 43.0 Å². The van der Waals surface area contributed by atoms with Gasteiger partial charge in [-0.1, -0.05) is 12.1 Å². The summed E-state index contributed by atoms with van der Waals surface area (Å²) in [6.45, 7) is 1.67. The van der Waals surface area contributed by atoms with Gasteiger partial charge in [-0.25, -0.2) is 4.79 Å². The van der Waals surface area contributed by atoms with Crippen molar-refractivity contribution in [3.8, 4) is 0 Å². The predicted octanol–water partition coefficient (Wildman–Crippen LogP) is 2.99. The monoisotopic (exact) mass is 506 g/mol. The number of pyridine rings is 1. The molecule has 6 rings (SSSR count). The minimum Gasteiger partial charge on any atom is -0.444 e. The van der Waals surface area contributed by atoms with Gasteiger partial charge in [-0.2, -0.15) is 0 Å². The summed E-state index contributed by atoms with van der Waals surface area (Å²) in [7, 11) is 0. The lowest BCUT2D eigenvalue weighted by Crippen LogP contribution is -2.27. The molecule has 0 spiro atoms. The Morgan fingerprint density at radius 3 is 2.86 bits per heavy atom. The van der Waals surface area contributed by atoms with Crippen LogP contribution in [0.5, 0.6) is 0 Å². The fraction of sp³-hybridized carbons (Fsp3) is 0.346. The first-order valence-electron chi connectivity index (χ1n) is 12.1. The number of carbonyl (C=O) groups is 2. The van der Waals surface area contributed by atoms with E-state index >= 15 is 0 Å². The third-order valence-corrected chi connectivity index (χ3v) is 8.13. The number of benzene rings is 2. The largest absolute Gasteiger partial charge is 0.444 e. The Hall–Kier alpha value is -3.34. The van der Waals surface area contributed by atoms with E-state index in [0.29, 0.717) is 37.5 Å². The number of aliphatic hydroxyl groups excluding tert-OH is 1. The van der Waals surface area contributed by atoms with Gasteiger partial charge in [0.1, 0.15) is 6.10 Å². The molecule has 0 aliphatic carbocycles.